The van der Waals surface area contributed by atoms with Crippen molar-refractivity contribution in [3.05, 3.63) is 30.2 Å². The molecule has 0 atom stereocenters. The van der Waals surface area contributed by atoms with E-state index < -0.39 is 0 Å². The van der Waals surface area contributed by atoms with Gasteiger partial charge in [0.05, 0.1) is 0 Å². The van der Waals surface area contributed by atoms with E-state index in [0.717, 1.165) is 0 Å². The predicted molar refractivity (Wildman–Crippen MR) is 36.8 cm³/mol. The van der Waals surface area contributed by atoms with Crippen LogP contribution in [-0.2, 0) is 0 Å². The quantitative estimate of drug-likeness (QED) is 0.615. The van der Waals surface area contributed by atoms with Gasteiger partial charge in [0, 0.05) is 12.3 Å². The summed E-state index contributed by atoms with van der Waals surface area (Å²) in [6.07, 6.45) is 1.57. The van der Waals surface area contributed by atoms with Crippen LogP contribution in [0.1, 0.15) is 0 Å². The second-order valence-corrected chi connectivity index (χ2v) is 2.19. The highest BCUT2D eigenvalue weighted by atomic mass is 19.1. The van der Waals surface area contributed by atoms with Crippen molar-refractivity contribution in [1.82, 2.24) is 9.61 Å². The van der Waals surface area contributed by atoms with Crippen molar-refractivity contribution < 1.29 is 9.50 Å². The second-order valence-electron chi connectivity index (χ2n) is 2.19. The summed E-state index contributed by atoms with van der Waals surface area (Å²) in [6, 6.07) is 4.11. The van der Waals surface area contributed by atoms with Crippen LogP contribution in [0.15, 0.2) is 24.4 Å². The highest BCUT2D eigenvalue weighted by Crippen LogP contribution is 2.13. The van der Waals surface area contributed by atoms with Crippen LogP contribution in [0.4, 0.5) is 4.39 Å². The molecule has 2 aromatic rings. The lowest BCUT2D eigenvalue weighted by Crippen LogP contribution is -1.86. The fourth-order valence-corrected chi connectivity index (χ4v) is 0.968. The number of fused-ring (bicyclic) bond motifs is 1. The van der Waals surface area contributed by atoms with Gasteiger partial charge >= 0.3 is 0 Å². The zero-order chi connectivity index (χ0) is 7.84. The molecule has 0 radical (unpaired) electrons. The number of aromatic hydroxyl groups is 1. The van der Waals surface area contributed by atoms with Crippen LogP contribution in [0, 0.1) is 5.82 Å². The van der Waals surface area contributed by atoms with E-state index in [4.69, 9.17) is 5.11 Å². The fraction of sp³-hybridized carbons (Fsp3) is 0. The summed E-state index contributed by atoms with van der Waals surface area (Å²) >= 11 is 0. The molecule has 0 bridgehead atoms. The smallest absolute Gasteiger partial charge is 0.231 e. The second kappa shape index (κ2) is 1.95. The Hall–Kier alpha value is -1.58. The maximum absolute atomic E-state index is 12.8. The van der Waals surface area contributed by atoms with E-state index in [2.05, 4.69) is 5.10 Å². The minimum Gasteiger partial charge on any atom is -0.492 e. The average Bonchev–Trinajstić information content (AvgIpc) is 2.31. The Morgan fingerprint density at radius 2 is 2.36 bits per heavy atom. The summed E-state index contributed by atoms with van der Waals surface area (Å²) in [7, 11) is 0. The molecule has 0 aliphatic carbocycles. The maximum atomic E-state index is 12.8. The van der Waals surface area contributed by atoms with Crippen LogP contribution in [0.2, 0.25) is 0 Å². The van der Waals surface area contributed by atoms with E-state index in [9.17, 15) is 4.39 Å². The third-order valence-corrected chi connectivity index (χ3v) is 1.44. The first-order valence-corrected chi connectivity index (χ1v) is 3.10. The molecular weight excluding hydrogens is 147 g/mol. The van der Waals surface area contributed by atoms with E-state index >= 15 is 0 Å². The first kappa shape index (κ1) is 6.15. The first-order valence-electron chi connectivity index (χ1n) is 3.10. The summed E-state index contributed by atoms with van der Waals surface area (Å²) < 4.78 is 14.1. The van der Waals surface area contributed by atoms with Crippen molar-refractivity contribution in [2.45, 2.75) is 0 Å². The van der Waals surface area contributed by atoms with Crippen LogP contribution in [0.25, 0.3) is 5.52 Å². The lowest BCUT2D eigenvalue weighted by molar-refractivity contribution is 0.449. The zero-order valence-electron chi connectivity index (χ0n) is 5.53. The van der Waals surface area contributed by atoms with E-state index in [0.29, 0.717) is 0 Å². The number of hydrogen-bond acceptors (Lipinski definition) is 2. The lowest BCUT2D eigenvalue weighted by atomic mass is 10.4. The Morgan fingerprint density at radius 3 is 3.09 bits per heavy atom. The molecule has 0 saturated carbocycles. The molecule has 0 aromatic carbocycles. The Kier molecular flexibility index (Phi) is 1.09. The number of aromatic nitrogens is 2. The van der Waals surface area contributed by atoms with Gasteiger partial charge in [-0.3, -0.25) is 0 Å². The molecule has 0 fully saturated rings. The number of rotatable bonds is 0. The van der Waals surface area contributed by atoms with Gasteiger partial charge in [-0.25, -0.2) is 8.91 Å². The minimum absolute atomic E-state index is 0.171. The normalized spacial score (nSPS) is 10.6. The molecule has 1 N–H and O–H groups in total. The van der Waals surface area contributed by atoms with Crippen LogP contribution in [0.3, 0.4) is 0 Å². The molecule has 0 amide bonds. The van der Waals surface area contributed by atoms with Crippen molar-refractivity contribution in [2.24, 2.45) is 0 Å². The lowest BCUT2D eigenvalue weighted by Gasteiger charge is -1.90. The number of nitrogens with zero attached hydrogens (tertiary/aromatic N) is 2. The van der Waals surface area contributed by atoms with Gasteiger partial charge in [-0.05, 0) is 12.1 Å². The summed E-state index contributed by atoms with van der Waals surface area (Å²) in [5.41, 5.74) is 0.282. The summed E-state index contributed by atoms with van der Waals surface area (Å²) in [6.45, 7) is 0. The Balaban J connectivity index is 2.90. The Morgan fingerprint density at radius 1 is 1.55 bits per heavy atom. The SMILES string of the molecule is Oc1cc2c(F)cccn2n1. The van der Waals surface area contributed by atoms with Gasteiger partial charge in [-0.1, -0.05) is 0 Å². The molecule has 11 heavy (non-hydrogen) atoms. The van der Waals surface area contributed by atoms with Crippen molar-refractivity contribution in [1.29, 1.82) is 0 Å². The van der Waals surface area contributed by atoms with Crippen molar-refractivity contribution in [2.75, 3.05) is 0 Å². The molecule has 0 aliphatic rings. The van der Waals surface area contributed by atoms with Gasteiger partial charge in [0.15, 0.2) is 0 Å². The standard InChI is InChI=1S/C7H5FN2O/c8-5-2-1-3-10-6(5)4-7(11)9-10/h1-4H,(H,9,11). The molecule has 4 heteroatoms. The highest BCUT2D eigenvalue weighted by Gasteiger charge is 2.02. The molecule has 2 rings (SSSR count). The molecule has 0 saturated heterocycles. The monoisotopic (exact) mass is 152 g/mol. The van der Waals surface area contributed by atoms with Gasteiger partial charge < -0.3 is 5.11 Å². The first-order chi connectivity index (χ1) is 5.27. The van der Waals surface area contributed by atoms with Gasteiger partial charge in [0.25, 0.3) is 0 Å². The Labute approximate surface area is 61.7 Å². The van der Waals surface area contributed by atoms with Crippen LogP contribution in [-0.4, -0.2) is 14.7 Å². The number of pyridine rings is 1. The van der Waals surface area contributed by atoms with Crippen LogP contribution in [0.5, 0.6) is 5.88 Å². The Bertz CT molecular complexity index is 396. The minimum atomic E-state index is -0.389. The largest absolute Gasteiger partial charge is 0.492 e. The van der Waals surface area contributed by atoms with Gasteiger partial charge in [0.2, 0.25) is 5.88 Å². The molecule has 56 valence electrons. The number of hydrogen-bond donors (Lipinski definition) is 1. The number of halogens is 1. The molecule has 2 heterocycles. The van der Waals surface area contributed by atoms with E-state index in [1.165, 1.54) is 22.7 Å². The van der Waals surface area contributed by atoms with E-state index in [-0.39, 0.29) is 17.2 Å². The molecule has 0 aliphatic heterocycles. The average molecular weight is 152 g/mol. The molecule has 0 spiro atoms. The summed E-state index contributed by atoms with van der Waals surface area (Å²) in [5.74, 6) is -0.560. The summed E-state index contributed by atoms with van der Waals surface area (Å²) in [5, 5.41) is 12.5. The van der Waals surface area contributed by atoms with Gasteiger partial charge in [-0.2, -0.15) is 0 Å². The maximum Gasteiger partial charge on any atom is 0.231 e. The zero-order valence-corrected chi connectivity index (χ0v) is 5.53. The third kappa shape index (κ3) is 0.832. The molecule has 0 unspecified atom stereocenters. The fourth-order valence-electron chi connectivity index (χ4n) is 0.968. The van der Waals surface area contributed by atoms with Crippen LogP contribution < -0.4 is 0 Å². The topological polar surface area (TPSA) is 37.5 Å². The van der Waals surface area contributed by atoms with Gasteiger partial charge in [-0.15, -0.1) is 5.10 Å². The van der Waals surface area contributed by atoms with E-state index in [1.807, 2.05) is 0 Å². The van der Waals surface area contributed by atoms with Crippen molar-refractivity contribution in [3.8, 4) is 5.88 Å². The summed E-state index contributed by atoms with van der Waals surface area (Å²) in [4.78, 5) is 0. The van der Waals surface area contributed by atoms with Gasteiger partial charge in [0.1, 0.15) is 11.3 Å². The van der Waals surface area contributed by atoms with Crippen LogP contribution >= 0.6 is 0 Å². The molecule has 2 aromatic heterocycles. The van der Waals surface area contributed by atoms with Crippen molar-refractivity contribution >= 4 is 5.52 Å². The predicted octanol–water partition coefficient (Wildman–Crippen LogP) is 1.18. The van der Waals surface area contributed by atoms with Crippen molar-refractivity contribution in [3.63, 3.8) is 0 Å². The van der Waals surface area contributed by atoms with E-state index in [1.54, 1.807) is 6.20 Å². The molecular formula is C7H5FN2O. The third-order valence-electron chi connectivity index (χ3n) is 1.44. The highest BCUT2D eigenvalue weighted by molar-refractivity contribution is 5.49. The molecule has 3 nitrogen and oxygen atoms in total.